The Labute approximate surface area is 61.2 Å². The summed E-state index contributed by atoms with van der Waals surface area (Å²) in [6.45, 7) is 0. The van der Waals surface area contributed by atoms with E-state index in [0.717, 1.165) is 5.49 Å². The summed E-state index contributed by atoms with van der Waals surface area (Å²) in [6.07, 6.45) is 4.38. The molecule has 0 aliphatic carbocycles. The van der Waals surface area contributed by atoms with Gasteiger partial charge >= 0.3 is 0 Å². The number of rotatable bonds is 4. The van der Waals surface area contributed by atoms with Crippen LogP contribution in [-0.4, -0.2) is 32.2 Å². The van der Waals surface area contributed by atoms with Crippen molar-refractivity contribution in [3.05, 3.63) is 0 Å². The van der Waals surface area contributed by atoms with Crippen LogP contribution < -0.4 is 0 Å². The Morgan fingerprint density at radius 1 is 1.22 bits per heavy atom. The van der Waals surface area contributed by atoms with Gasteiger partial charge in [-0.3, -0.25) is 0 Å². The van der Waals surface area contributed by atoms with Gasteiger partial charge in [0.15, 0.2) is 5.49 Å². The molecule has 0 N–H and O–H groups in total. The smallest absolute Gasteiger partial charge is 0.223 e. The van der Waals surface area contributed by atoms with Gasteiger partial charge in [-0.2, -0.15) is 0 Å². The Balaban J connectivity index is 3.31. The van der Waals surface area contributed by atoms with Crippen molar-refractivity contribution in [2.24, 2.45) is 0 Å². The third kappa shape index (κ3) is 5.16. The average Bonchev–Trinajstić information content (AvgIpc) is 1.82. The molecule has 4 heteroatoms. The molecule has 0 aliphatic heterocycles. The molecule has 0 spiro atoms. The van der Waals surface area contributed by atoms with Gasteiger partial charge in [-0.05, 0) is 10.9 Å². The van der Waals surface area contributed by atoms with Crippen LogP contribution in [0.2, 0.25) is 0 Å². The van der Waals surface area contributed by atoms with E-state index in [2.05, 4.69) is 12.5 Å². The molecule has 0 saturated heterocycles. The zero-order chi connectivity index (χ0) is 7.28. The molecule has 0 rings (SSSR count). The van der Waals surface area contributed by atoms with Crippen LogP contribution in [0.1, 0.15) is 0 Å². The third-order valence-electron chi connectivity index (χ3n) is 0.771. The van der Waals surface area contributed by atoms with Crippen molar-refractivity contribution in [3.63, 3.8) is 0 Å². The minimum Gasteiger partial charge on any atom is -0.334 e. The largest absolute Gasteiger partial charge is 0.334 e. The van der Waals surface area contributed by atoms with Gasteiger partial charge in [-0.25, -0.2) is 0 Å². The summed E-state index contributed by atoms with van der Waals surface area (Å²) in [5.74, 6) is 0. The molecule has 0 heterocycles. The first-order valence-corrected chi connectivity index (χ1v) is 6.18. The molecule has 0 saturated carbocycles. The van der Waals surface area contributed by atoms with E-state index in [0.29, 0.717) is 10.9 Å². The molecule has 0 atom stereocenters. The third-order valence-corrected chi connectivity index (χ3v) is 4.49. The Morgan fingerprint density at radius 2 is 1.67 bits per heavy atom. The lowest BCUT2D eigenvalue weighted by molar-refractivity contribution is 0.344. The topological polar surface area (TPSA) is 18.5 Å². The predicted molar refractivity (Wildman–Crippen MR) is 45.0 cm³/mol. The summed E-state index contributed by atoms with van der Waals surface area (Å²) in [5, 5.41) is 0. The van der Waals surface area contributed by atoms with Crippen molar-refractivity contribution in [2.45, 2.75) is 0 Å². The van der Waals surface area contributed by atoms with Gasteiger partial charge < -0.3 is 9.05 Å². The van der Waals surface area contributed by atoms with Gasteiger partial charge in [0.25, 0.3) is 0 Å². The zero-order valence-electron chi connectivity index (χ0n) is 6.38. The monoisotopic (exact) mass is 169 g/mol. The Bertz CT molecular complexity index is 66.0. The fraction of sp³-hybridized carbons (Fsp3) is 1.00. The molecule has 0 radical (unpaired) electrons. The molecule has 0 amide bonds. The number of hydrogen-bond donors (Lipinski definition) is 0. The van der Waals surface area contributed by atoms with Crippen LogP contribution >= 0.6 is 8.38 Å². The van der Waals surface area contributed by atoms with Crippen molar-refractivity contribution in [1.82, 2.24) is 0 Å². The highest BCUT2D eigenvalue weighted by atomic mass is 32.2. The van der Waals surface area contributed by atoms with Gasteiger partial charge in [0.2, 0.25) is 8.38 Å². The second kappa shape index (κ2) is 5.48. The molecule has 0 aromatic carbocycles. The fourth-order valence-corrected chi connectivity index (χ4v) is 3.07. The summed E-state index contributed by atoms with van der Waals surface area (Å²) < 4.78 is 10.1. The van der Waals surface area contributed by atoms with Crippen LogP contribution in [0, 0.1) is 0 Å². The summed E-state index contributed by atoms with van der Waals surface area (Å²) in [6, 6.07) is 0. The van der Waals surface area contributed by atoms with E-state index in [-0.39, 0.29) is 0 Å². The molecular weight excluding hydrogens is 155 g/mol. The molecule has 2 nitrogen and oxygen atoms in total. The number of hydrogen-bond acceptors (Lipinski definition) is 2. The van der Waals surface area contributed by atoms with Gasteiger partial charge in [0.05, 0.1) is 12.5 Å². The van der Waals surface area contributed by atoms with Crippen molar-refractivity contribution in [2.75, 3.05) is 32.2 Å². The Kier molecular flexibility index (Phi) is 5.91. The van der Waals surface area contributed by atoms with E-state index in [1.54, 1.807) is 14.2 Å². The second-order valence-electron chi connectivity index (χ2n) is 1.81. The zero-order valence-corrected chi connectivity index (χ0v) is 8.09. The second-order valence-corrected chi connectivity index (χ2v) is 6.21. The highest BCUT2D eigenvalue weighted by Gasteiger charge is 2.14. The van der Waals surface area contributed by atoms with E-state index in [9.17, 15) is 0 Å². The first kappa shape index (κ1) is 9.70. The van der Waals surface area contributed by atoms with Crippen LogP contribution in [-0.2, 0) is 19.9 Å². The van der Waals surface area contributed by atoms with Crippen molar-refractivity contribution in [1.29, 1.82) is 0 Å². The molecule has 0 aliphatic rings. The highest BCUT2D eigenvalue weighted by molar-refractivity contribution is 8.00. The standard InChI is InChI=1S/C5H14O2PS/c1-6-8(7-2)5-9(3)4/h5H2,1-4H3/q+1. The van der Waals surface area contributed by atoms with E-state index >= 15 is 0 Å². The van der Waals surface area contributed by atoms with E-state index < -0.39 is 8.38 Å². The first-order valence-electron chi connectivity index (χ1n) is 2.60. The SMILES string of the molecule is COP(C[S+](C)C)OC. The predicted octanol–water partition coefficient (Wildman–Crippen LogP) is 1.43. The molecule has 0 fully saturated rings. The fourth-order valence-electron chi connectivity index (χ4n) is 0.391. The Morgan fingerprint density at radius 3 is 1.78 bits per heavy atom. The van der Waals surface area contributed by atoms with Crippen LogP contribution in [0.15, 0.2) is 0 Å². The van der Waals surface area contributed by atoms with Crippen LogP contribution in [0.4, 0.5) is 0 Å². The first-order chi connectivity index (χ1) is 4.20. The average molecular weight is 169 g/mol. The lowest BCUT2D eigenvalue weighted by atomic mass is 11.8. The van der Waals surface area contributed by atoms with Gasteiger partial charge in [-0.15, -0.1) is 0 Å². The summed E-state index contributed by atoms with van der Waals surface area (Å²) in [4.78, 5) is 0. The lowest BCUT2D eigenvalue weighted by Crippen LogP contribution is -2.01. The Hall–Kier alpha value is 0.700. The van der Waals surface area contributed by atoms with Crippen molar-refractivity contribution >= 4 is 19.3 Å². The molecule has 0 bridgehead atoms. The molecule has 0 aromatic heterocycles. The molecule has 0 unspecified atom stereocenters. The highest BCUT2D eigenvalue weighted by Crippen LogP contribution is 2.36. The molecular formula is C5H14O2PS+. The van der Waals surface area contributed by atoms with E-state index in [1.165, 1.54) is 0 Å². The summed E-state index contributed by atoms with van der Waals surface area (Å²) in [7, 11) is 3.24. The van der Waals surface area contributed by atoms with Crippen LogP contribution in [0.3, 0.4) is 0 Å². The van der Waals surface area contributed by atoms with Crippen molar-refractivity contribution in [3.8, 4) is 0 Å². The van der Waals surface area contributed by atoms with Crippen LogP contribution in [0.5, 0.6) is 0 Å². The van der Waals surface area contributed by atoms with E-state index in [4.69, 9.17) is 9.05 Å². The molecule has 9 heavy (non-hydrogen) atoms. The maximum absolute atomic E-state index is 5.06. The van der Waals surface area contributed by atoms with E-state index in [1.807, 2.05) is 0 Å². The molecule has 56 valence electrons. The maximum Gasteiger partial charge on any atom is 0.223 e. The van der Waals surface area contributed by atoms with Gasteiger partial charge in [0, 0.05) is 14.2 Å². The van der Waals surface area contributed by atoms with Crippen LogP contribution in [0.25, 0.3) is 0 Å². The quantitative estimate of drug-likeness (QED) is 0.468. The van der Waals surface area contributed by atoms with Crippen molar-refractivity contribution < 1.29 is 9.05 Å². The summed E-state index contributed by atoms with van der Waals surface area (Å²) >= 11 is 0. The van der Waals surface area contributed by atoms with Gasteiger partial charge in [-0.1, -0.05) is 0 Å². The van der Waals surface area contributed by atoms with Gasteiger partial charge in [0.1, 0.15) is 0 Å². The lowest BCUT2D eigenvalue weighted by Gasteiger charge is -2.08. The maximum atomic E-state index is 5.06. The summed E-state index contributed by atoms with van der Waals surface area (Å²) in [5.41, 5.74) is 1.06. The molecule has 0 aromatic rings. The minimum absolute atomic E-state index is 0.433. The minimum atomic E-state index is -0.583. The normalized spacial score (nSPS) is 11.3.